The van der Waals surface area contributed by atoms with Crippen molar-refractivity contribution in [1.82, 2.24) is 9.27 Å². The molecule has 6 nitrogen and oxygen atoms in total. The Morgan fingerprint density at radius 1 is 1.78 bits per heavy atom. The summed E-state index contributed by atoms with van der Waals surface area (Å²) >= 11 is 1.22. The summed E-state index contributed by atoms with van der Waals surface area (Å²) in [4.78, 5) is 13.3. The number of aliphatic hydroxyl groups excluding tert-OH is 1. The van der Waals surface area contributed by atoms with Crippen molar-refractivity contribution in [3.63, 3.8) is 0 Å². The zero-order chi connectivity index (χ0) is 13.3. The number of aromatic nitrogens is 1. The molecule has 1 fully saturated rings. The Hall–Kier alpha value is -1.18. The van der Waals surface area contributed by atoms with Gasteiger partial charge >= 0.3 is 6.09 Å². The van der Waals surface area contributed by atoms with Crippen molar-refractivity contribution >= 4 is 17.6 Å². The van der Waals surface area contributed by atoms with E-state index in [2.05, 4.69) is 4.37 Å². The van der Waals surface area contributed by atoms with Gasteiger partial charge in [0.05, 0.1) is 23.6 Å². The van der Waals surface area contributed by atoms with E-state index < -0.39 is 17.9 Å². The van der Waals surface area contributed by atoms with Gasteiger partial charge in [-0.3, -0.25) is 4.90 Å². The lowest BCUT2D eigenvalue weighted by Crippen LogP contribution is -2.47. The Balaban J connectivity index is 2.07. The molecular weight excluding hydrogens is 256 g/mol. The van der Waals surface area contributed by atoms with Crippen LogP contribution >= 0.6 is 11.5 Å². The molecule has 2 atom stereocenters. The average molecular weight is 272 g/mol. The third kappa shape index (κ3) is 2.47. The second-order valence-electron chi connectivity index (χ2n) is 4.73. The number of amides is 1. The average Bonchev–Trinajstić information content (AvgIpc) is 2.85. The van der Waals surface area contributed by atoms with Crippen molar-refractivity contribution in [3.05, 3.63) is 17.1 Å². The van der Waals surface area contributed by atoms with Gasteiger partial charge in [-0.1, -0.05) is 0 Å². The van der Waals surface area contributed by atoms with Crippen LogP contribution in [-0.4, -0.2) is 44.0 Å². The molecule has 100 valence electrons. The van der Waals surface area contributed by atoms with Gasteiger partial charge in [-0.2, -0.15) is 0 Å². The largest absolute Gasteiger partial charge is 0.465 e. The monoisotopic (exact) mass is 272 g/mol. The van der Waals surface area contributed by atoms with Crippen LogP contribution in [0.2, 0.25) is 0 Å². The molecule has 0 spiro atoms. The van der Waals surface area contributed by atoms with Crippen LogP contribution in [0.25, 0.3) is 0 Å². The minimum atomic E-state index is -1.03. The van der Waals surface area contributed by atoms with Crippen LogP contribution in [0.15, 0.2) is 12.3 Å². The van der Waals surface area contributed by atoms with Gasteiger partial charge in [0.25, 0.3) is 0 Å². The highest BCUT2D eigenvalue weighted by molar-refractivity contribution is 7.05. The minimum absolute atomic E-state index is 0.301. The lowest BCUT2D eigenvalue weighted by molar-refractivity contribution is -0.0430. The third-order valence-electron chi connectivity index (χ3n) is 3.06. The predicted octanol–water partition coefficient (Wildman–Crippen LogP) is 1.68. The fourth-order valence-electron chi connectivity index (χ4n) is 2.22. The number of carboxylic acid groups (broad SMARTS) is 1. The van der Waals surface area contributed by atoms with Crippen LogP contribution in [0.1, 0.15) is 31.2 Å². The minimum Gasteiger partial charge on any atom is -0.465 e. The molecule has 1 saturated heterocycles. The van der Waals surface area contributed by atoms with Crippen LogP contribution < -0.4 is 0 Å². The van der Waals surface area contributed by atoms with E-state index in [1.54, 1.807) is 26.1 Å². The van der Waals surface area contributed by atoms with Gasteiger partial charge in [0.15, 0.2) is 0 Å². The van der Waals surface area contributed by atoms with Crippen LogP contribution in [-0.2, 0) is 4.74 Å². The number of aliphatic hydroxyl groups is 1. The maximum atomic E-state index is 11.3. The van der Waals surface area contributed by atoms with Crippen molar-refractivity contribution in [2.75, 3.05) is 6.61 Å². The lowest BCUT2D eigenvalue weighted by Gasteiger charge is -2.31. The van der Waals surface area contributed by atoms with E-state index in [4.69, 9.17) is 4.74 Å². The van der Waals surface area contributed by atoms with Gasteiger partial charge in [-0.05, 0) is 31.4 Å². The first-order chi connectivity index (χ1) is 8.42. The maximum absolute atomic E-state index is 11.3. The van der Waals surface area contributed by atoms with Crippen LogP contribution in [0.3, 0.4) is 0 Å². The normalized spacial score (nSPS) is 24.2. The zero-order valence-electron chi connectivity index (χ0n) is 10.2. The van der Waals surface area contributed by atoms with E-state index in [1.165, 1.54) is 16.4 Å². The topological polar surface area (TPSA) is 82.9 Å². The summed E-state index contributed by atoms with van der Waals surface area (Å²) in [6, 6.07) is 1.40. The Morgan fingerprint density at radius 2 is 2.50 bits per heavy atom. The summed E-state index contributed by atoms with van der Waals surface area (Å²) in [6.07, 6.45) is 0.200. The molecule has 1 aliphatic heterocycles. The van der Waals surface area contributed by atoms with Crippen molar-refractivity contribution < 1.29 is 19.7 Å². The molecule has 1 aromatic rings. The second-order valence-corrected chi connectivity index (χ2v) is 5.60. The van der Waals surface area contributed by atoms with Crippen molar-refractivity contribution in [1.29, 1.82) is 0 Å². The third-order valence-corrected chi connectivity index (χ3v) is 3.91. The van der Waals surface area contributed by atoms with Crippen LogP contribution in [0.4, 0.5) is 4.79 Å². The highest BCUT2D eigenvalue weighted by Crippen LogP contribution is 2.32. The van der Waals surface area contributed by atoms with Crippen molar-refractivity contribution in [3.8, 4) is 0 Å². The first-order valence-electron chi connectivity index (χ1n) is 5.66. The van der Waals surface area contributed by atoms with E-state index >= 15 is 0 Å². The van der Waals surface area contributed by atoms with Crippen LogP contribution in [0, 0.1) is 0 Å². The van der Waals surface area contributed by atoms with Gasteiger partial charge < -0.3 is 14.9 Å². The number of rotatable bonds is 3. The molecule has 0 saturated carbocycles. The fraction of sp³-hybridized carbons (Fsp3) is 0.636. The fourth-order valence-corrected chi connectivity index (χ4v) is 2.80. The molecule has 2 N–H and O–H groups in total. The Morgan fingerprint density at radius 3 is 3.06 bits per heavy atom. The molecule has 0 radical (unpaired) electrons. The van der Waals surface area contributed by atoms with E-state index in [-0.39, 0.29) is 6.04 Å². The smallest absolute Gasteiger partial charge is 0.409 e. The van der Waals surface area contributed by atoms with Gasteiger partial charge in [0.1, 0.15) is 5.72 Å². The van der Waals surface area contributed by atoms with Crippen molar-refractivity contribution in [2.45, 2.75) is 38.1 Å². The summed E-state index contributed by atoms with van der Waals surface area (Å²) in [6.45, 7) is 3.72. The highest BCUT2D eigenvalue weighted by Gasteiger charge is 2.44. The molecule has 0 aliphatic carbocycles. The molecule has 7 heteroatoms. The van der Waals surface area contributed by atoms with E-state index in [0.29, 0.717) is 13.0 Å². The van der Waals surface area contributed by atoms with Gasteiger partial charge in [-0.15, -0.1) is 0 Å². The lowest BCUT2D eigenvalue weighted by atomic mass is 10.1. The standard InChI is InChI=1S/C11H16N2O4S/c1-11(2)13(10(15)16)7(6-17-11)5-8(14)9-3-4-12-18-9/h3-4,7-8,14H,5-6H2,1-2H3,(H,15,16)/t7-,8-/m0/s1. The summed E-state index contributed by atoms with van der Waals surface area (Å²) in [5, 5.41) is 19.3. The first-order valence-corrected chi connectivity index (χ1v) is 6.44. The molecule has 1 aromatic heterocycles. The summed E-state index contributed by atoms with van der Waals surface area (Å²) in [7, 11) is 0. The van der Waals surface area contributed by atoms with Crippen LogP contribution in [0.5, 0.6) is 0 Å². The van der Waals surface area contributed by atoms with E-state index in [0.717, 1.165) is 4.88 Å². The second kappa shape index (κ2) is 4.83. The maximum Gasteiger partial charge on any atom is 0.409 e. The number of carbonyl (C=O) groups is 1. The Kier molecular flexibility index (Phi) is 3.56. The zero-order valence-corrected chi connectivity index (χ0v) is 11.1. The van der Waals surface area contributed by atoms with E-state index in [1.807, 2.05) is 0 Å². The highest BCUT2D eigenvalue weighted by atomic mass is 32.1. The van der Waals surface area contributed by atoms with Gasteiger partial charge in [-0.25, -0.2) is 9.17 Å². The number of hydrogen-bond acceptors (Lipinski definition) is 5. The first kappa shape index (κ1) is 13.3. The predicted molar refractivity (Wildman–Crippen MR) is 65.4 cm³/mol. The molecule has 2 heterocycles. The Bertz CT molecular complexity index is 421. The summed E-state index contributed by atoms with van der Waals surface area (Å²) in [5.41, 5.74) is -0.843. The van der Waals surface area contributed by atoms with Gasteiger partial charge in [0, 0.05) is 12.6 Å². The van der Waals surface area contributed by atoms with Crippen molar-refractivity contribution in [2.24, 2.45) is 0 Å². The number of hydrogen-bond donors (Lipinski definition) is 2. The number of ether oxygens (including phenoxy) is 1. The molecule has 1 aliphatic rings. The molecular formula is C11H16N2O4S. The van der Waals surface area contributed by atoms with Gasteiger partial charge in [0.2, 0.25) is 0 Å². The quantitative estimate of drug-likeness (QED) is 0.874. The molecule has 0 unspecified atom stereocenters. The summed E-state index contributed by atoms with van der Waals surface area (Å²) in [5.74, 6) is 0. The summed E-state index contributed by atoms with van der Waals surface area (Å²) < 4.78 is 9.39. The molecule has 2 rings (SSSR count). The molecule has 0 bridgehead atoms. The molecule has 0 aromatic carbocycles. The molecule has 18 heavy (non-hydrogen) atoms. The Labute approximate surface area is 109 Å². The van der Waals surface area contributed by atoms with E-state index in [9.17, 15) is 15.0 Å². The number of nitrogens with zero attached hydrogens (tertiary/aromatic N) is 2. The molecule has 1 amide bonds. The SMILES string of the molecule is CC1(C)OC[C@H](C[C@H](O)c2ccns2)N1C(=O)O.